The molecule has 0 amide bonds. The molecule has 3 aliphatic rings. The van der Waals surface area contributed by atoms with Crippen molar-refractivity contribution in [2.24, 2.45) is 17.8 Å². The maximum Gasteiger partial charge on any atom is 0.309 e. The fraction of sp³-hybridized carbons (Fsp3) is 0.804. The van der Waals surface area contributed by atoms with Crippen LogP contribution in [0.25, 0.3) is 0 Å². The van der Waals surface area contributed by atoms with Crippen molar-refractivity contribution in [2.75, 3.05) is 21.2 Å². The Bertz CT molecular complexity index is 1530. The summed E-state index contributed by atoms with van der Waals surface area (Å²) in [5.74, 6) is -3.22. The van der Waals surface area contributed by atoms with Gasteiger partial charge in [-0.05, 0) is 72.0 Å². The summed E-state index contributed by atoms with van der Waals surface area (Å²) in [6.45, 7) is 15.7. The largest absolute Gasteiger partial charge is 0.462 e. The number of rotatable bonds is 15. The van der Waals surface area contributed by atoms with Crippen LogP contribution in [-0.4, -0.2) is 152 Å². The molecule has 0 bridgehead atoms. The smallest absolute Gasteiger partial charge is 0.309 e. The molecule has 1 unspecified atom stereocenters. The van der Waals surface area contributed by atoms with Crippen LogP contribution < -0.4 is 0 Å². The maximum absolute atomic E-state index is 13.4. The summed E-state index contributed by atoms with van der Waals surface area (Å²) in [5.41, 5.74) is -1.52. The van der Waals surface area contributed by atoms with Crippen LogP contribution >= 0.6 is 0 Å². The molecule has 360 valence electrons. The van der Waals surface area contributed by atoms with Crippen molar-refractivity contribution in [1.29, 1.82) is 0 Å². The number of hydrogen-bond acceptors (Lipinski definition) is 17. The molecule has 3 heterocycles. The van der Waals surface area contributed by atoms with E-state index in [2.05, 4.69) is 0 Å². The number of methoxy groups -OCH3 is 1. The molecule has 0 saturated carbocycles. The Morgan fingerprint density at radius 1 is 0.937 bits per heavy atom. The predicted octanol–water partition coefficient (Wildman–Crippen LogP) is 4.36. The van der Waals surface area contributed by atoms with E-state index in [9.17, 15) is 34.2 Å². The molecule has 17 heteroatoms. The van der Waals surface area contributed by atoms with Gasteiger partial charge in [-0.15, -0.1) is 0 Å². The van der Waals surface area contributed by atoms with E-state index in [4.69, 9.17) is 42.6 Å². The van der Waals surface area contributed by atoms with Gasteiger partial charge in [0.2, 0.25) is 0 Å². The molecule has 2 fully saturated rings. The van der Waals surface area contributed by atoms with Crippen molar-refractivity contribution in [1.82, 2.24) is 4.90 Å². The van der Waals surface area contributed by atoms with Gasteiger partial charge in [0, 0.05) is 45.6 Å². The van der Waals surface area contributed by atoms with E-state index in [1.165, 1.54) is 7.11 Å². The fourth-order valence-corrected chi connectivity index (χ4v) is 8.50. The van der Waals surface area contributed by atoms with E-state index < -0.39 is 127 Å². The number of aliphatic hydroxyl groups is 2. The summed E-state index contributed by atoms with van der Waals surface area (Å²) < 4.78 is 55.1. The summed E-state index contributed by atoms with van der Waals surface area (Å²) in [7, 11) is 4.86. The van der Waals surface area contributed by atoms with Crippen LogP contribution in [0.3, 0.4) is 0 Å². The zero-order valence-electron chi connectivity index (χ0n) is 39.3. The van der Waals surface area contributed by atoms with E-state index in [1.54, 1.807) is 78.8 Å². The SMILES string of the molecule is CCC(=O)O[C@H]1/C=C/C=C/C[C@@H](C)OC(=O)C[C@@H](OC(=O)CC)C(OC)[C@@H](O[C@@H]2O[C@H](C)[C@@H](O[C@H]3C[C@@](C)(O)[C@@H](OC(=O)CC(C)C)[C@H](C)O3)[C@H](N(C)C)[C@H]2O)[C@@H](CC=O)C[C@H]1C. The van der Waals surface area contributed by atoms with Gasteiger partial charge < -0.3 is 62.5 Å². The number of aliphatic hydroxyl groups excluding tert-OH is 1. The van der Waals surface area contributed by atoms with Crippen molar-refractivity contribution in [3.63, 3.8) is 0 Å². The van der Waals surface area contributed by atoms with E-state index in [0.717, 1.165) is 6.29 Å². The van der Waals surface area contributed by atoms with Gasteiger partial charge in [0.15, 0.2) is 18.7 Å². The Labute approximate surface area is 373 Å². The second-order valence-electron chi connectivity index (χ2n) is 18.0. The standard InChI is InChI=1S/C46H75NO16/c1-13-34(49)59-32-19-17-15-16-18-28(6)56-37(52)24-33(60-35(50)14-2)43(55-12)42(31(20-21-48)23-27(32)5)63-45-40(53)39(47(10)11)41(29(7)58-45)62-38-25-46(9,54)44(30(8)57-38)61-36(51)22-26(3)4/h15-17,19,21,26-33,38-45,53-54H,13-14,18,20,22-25H2,1-12H3/b16-15+,19-17+/t27-,28-,29-,30+,31+,32+,33-,38+,39-,40-,41-,42+,43?,44+,45+,46-/m1/s1. The lowest BCUT2D eigenvalue weighted by molar-refractivity contribution is -0.344. The molecule has 0 aromatic carbocycles. The first-order chi connectivity index (χ1) is 29.6. The first-order valence-corrected chi connectivity index (χ1v) is 22.4. The first-order valence-electron chi connectivity index (χ1n) is 22.4. The minimum Gasteiger partial charge on any atom is -0.462 e. The van der Waals surface area contributed by atoms with Gasteiger partial charge in [-0.2, -0.15) is 0 Å². The van der Waals surface area contributed by atoms with E-state index in [1.807, 2.05) is 26.8 Å². The average molecular weight is 898 g/mol. The van der Waals surface area contributed by atoms with Gasteiger partial charge in [-0.1, -0.05) is 52.8 Å². The number of esters is 4. The van der Waals surface area contributed by atoms with Gasteiger partial charge in [-0.25, -0.2) is 0 Å². The number of ether oxygens (including phenoxy) is 9. The number of nitrogens with zero attached hydrogens (tertiary/aromatic N) is 1. The molecule has 16 atom stereocenters. The molecule has 17 nitrogen and oxygen atoms in total. The van der Waals surface area contributed by atoms with Crippen molar-refractivity contribution in [2.45, 2.75) is 199 Å². The molecule has 0 radical (unpaired) electrons. The topological polar surface area (TPSA) is 212 Å². The van der Waals surface area contributed by atoms with Crippen molar-refractivity contribution >= 4 is 30.2 Å². The molecule has 0 aromatic heterocycles. The molecule has 3 rings (SSSR count). The summed E-state index contributed by atoms with van der Waals surface area (Å²) in [5, 5.41) is 23.7. The van der Waals surface area contributed by atoms with Crippen LogP contribution in [-0.2, 0) is 66.6 Å². The van der Waals surface area contributed by atoms with Crippen molar-refractivity contribution in [3.8, 4) is 0 Å². The molecule has 0 aliphatic carbocycles. The summed E-state index contributed by atoms with van der Waals surface area (Å²) in [6.07, 6.45) is -3.93. The lowest BCUT2D eigenvalue weighted by Crippen LogP contribution is -2.66. The van der Waals surface area contributed by atoms with Gasteiger partial charge >= 0.3 is 23.9 Å². The fourth-order valence-electron chi connectivity index (χ4n) is 8.50. The quantitative estimate of drug-likeness (QED) is 0.133. The second kappa shape index (κ2) is 25.4. The summed E-state index contributed by atoms with van der Waals surface area (Å²) in [4.78, 5) is 65.9. The van der Waals surface area contributed by atoms with E-state index in [0.29, 0.717) is 6.42 Å². The number of hydrogen-bond donors (Lipinski definition) is 2. The third-order valence-electron chi connectivity index (χ3n) is 11.7. The monoisotopic (exact) mass is 898 g/mol. The van der Waals surface area contributed by atoms with Crippen LogP contribution in [0.5, 0.6) is 0 Å². The lowest BCUT2D eigenvalue weighted by Gasteiger charge is -2.50. The van der Waals surface area contributed by atoms with E-state index >= 15 is 0 Å². The Kier molecular flexibility index (Phi) is 21.8. The molecule has 0 aromatic rings. The highest BCUT2D eigenvalue weighted by Crippen LogP contribution is 2.38. The average Bonchev–Trinajstić information content (AvgIpc) is 3.18. The van der Waals surface area contributed by atoms with Gasteiger partial charge in [0.1, 0.15) is 48.5 Å². The molecular formula is C46H75NO16. The zero-order valence-corrected chi connectivity index (χ0v) is 39.3. The third-order valence-corrected chi connectivity index (χ3v) is 11.7. The maximum atomic E-state index is 13.4. The number of cyclic esters (lactones) is 1. The number of aldehydes is 1. The van der Waals surface area contributed by atoms with Gasteiger partial charge in [0.05, 0.1) is 30.8 Å². The minimum atomic E-state index is -1.52. The number of allylic oxidation sites excluding steroid dienone is 2. The molecule has 3 aliphatic heterocycles. The van der Waals surface area contributed by atoms with Crippen molar-refractivity contribution < 1.29 is 76.8 Å². The van der Waals surface area contributed by atoms with Crippen LogP contribution in [0.2, 0.25) is 0 Å². The molecule has 2 saturated heterocycles. The molecular weight excluding hydrogens is 822 g/mol. The Hall–Kier alpha value is -3.29. The van der Waals surface area contributed by atoms with Crippen LogP contribution in [0, 0.1) is 17.8 Å². The number of likely N-dealkylation sites (N-methyl/N-ethyl adjacent to an activating group) is 1. The molecule has 0 spiro atoms. The Balaban J connectivity index is 2.05. The van der Waals surface area contributed by atoms with E-state index in [-0.39, 0.29) is 44.4 Å². The van der Waals surface area contributed by atoms with Crippen LogP contribution in [0.15, 0.2) is 24.3 Å². The summed E-state index contributed by atoms with van der Waals surface area (Å²) in [6, 6.07) is -0.805. The highest BCUT2D eigenvalue weighted by molar-refractivity contribution is 5.73. The zero-order chi connectivity index (χ0) is 47.2. The second-order valence-corrected chi connectivity index (χ2v) is 18.0. The van der Waals surface area contributed by atoms with Crippen molar-refractivity contribution in [3.05, 3.63) is 24.3 Å². The minimum absolute atomic E-state index is 0.0168. The van der Waals surface area contributed by atoms with Crippen LogP contribution in [0.4, 0.5) is 0 Å². The highest BCUT2D eigenvalue weighted by atomic mass is 16.7. The first kappa shape index (κ1) is 54.0. The Morgan fingerprint density at radius 2 is 1.60 bits per heavy atom. The summed E-state index contributed by atoms with van der Waals surface area (Å²) >= 11 is 0. The van der Waals surface area contributed by atoms with Gasteiger partial charge in [-0.3, -0.25) is 19.2 Å². The van der Waals surface area contributed by atoms with Crippen LogP contribution in [0.1, 0.15) is 114 Å². The number of carbonyl (C=O) groups is 5. The normalized spacial score (nSPS) is 38.3. The number of carbonyl (C=O) groups excluding carboxylic acids is 5. The Morgan fingerprint density at radius 3 is 2.19 bits per heavy atom. The van der Waals surface area contributed by atoms with Gasteiger partial charge in [0.25, 0.3) is 0 Å². The lowest BCUT2D eigenvalue weighted by atomic mass is 9.82. The molecule has 2 N–H and O–H groups in total. The predicted molar refractivity (Wildman–Crippen MR) is 229 cm³/mol. The third kappa shape index (κ3) is 16.0. The highest BCUT2D eigenvalue weighted by Gasteiger charge is 2.53. The molecule has 63 heavy (non-hydrogen) atoms.